The summed E-state index contributed by atoms with van der Waals surface area (Å²) in [6, 6.07) is 16.6. The molecule has 0 aliphatic carbocycles. The van der Waals surface area contributed by atoms with Crippen LogP contribution in [0.4, 0.5) is 0 Å². The molecule has 1 saturated heterocycles. The Labute approximate surface area is 180 Å². The van der Waals surface area contributed by atoms with E-state index < -0.39 is 5.97 Å². The van der Waals surface area contributed by atoms with Crippen molar-refractivity contribution in [2.24, 2.45) is 0 Å². The molecule has 2 atom stereocenters. The zero-order chi connectivity index (χ0) is 21.8. The maximum absolute atomic E-state index is 12.8. The quantitative estimate of drug-likeness (QED) is 0.561. The first-order valence-corrected chi connectivity index (χ1v) is 10.3. The minimum Gasteiger partial charge on any atom is -0.489 e. The Balaban J connectivity index is 1.47. The van der Waals surface area contributed by atoms with E-state index in [9.17, 15) is 9.59 Å². The number of rotatable bonds is 6. The predicted octanol–water partition coefficient (Wildman–Crippen LogP) is 3.80. The summed E-state index contributed by atoms with van der Waals surface area (Å²) >= 11 is 0. The molecular formula is C24H25NO6. The molecule has 0 bridgehead atoms. The van der Waals surface area contributed by atoms with Gasteiger partial charge in [0.15, 0.2) is 6.61 Å². The molecule has 2 aromatic carbocycles. The van der Waals surface area contributed by atoms with Gasteiger partial charge in [-0.2, -0.15) is 0 Å². The van der Waals surface area contributed by atoms with Gasteiger partial charge in [0.2, 0.25) is 5.76 Å². The number of fused-ring (bicyclic) bond motifs is 1. The molecule has 0 radical (unpaired) electrons. The molecule has 0 spiro atoms. The lowest BCUT2D eigenvalue weighted by atomic mass is 10.1. The van der Waals surface area contributed by atoms with Gasteiger partial charge in [-0.15, -0.1) is 0 Å². The van der Waals surface area contributed by atoms with Gasteiger partial charge >= 0.3 is 5.97 Å². The van der Waals surface area contributed by atoms with Crippen LogP contribution in [0.15, 0.2) is 59.0 Å². The molecule has 7 nitrogen and oxygen atoms in total. The number of para-hydroxylation sites is 2. The summed E-state index contributed by atoms with van der Waals surface area (Å²) in [5.41, 5.74) is 1.15. The number of amides is 1. The molecule has 0 saturated carbocycles. The molecule has 1 aliphatic rings. The first-order valence-electron chi connectivity index (χ1n) is 10.3. The SMILES string of the molecule is C[C@@H]1CN(C(=O)COC(=O)c2oc3ccccc3c2COc2ccccc2)C[C@@H](C)O1. The number of ether oxygens (including phenoxy) is 3. The minimum absolute atomic E-state index is 0.0497. The molecule has 1 amide bonds. The van der Waals surface area contributed by atoms with Gasteiger partial charge < -0.3 is 23.5 Å². The number of benzene rings is 2. The number of hydrogen-bond acceptors (Lipinski definition) is 6. The fourth-order valence-corrected chi connectivity index (χ4v) is 3.74. The van der Waals surface area contributed by atoms with Crippen LogP contribution in [0.1, 0.15) is 30.0 Å². The maximum Gasteiger partial charge on any atom is 0.375 e. The molecular weight excluding hydrogens is 398 g/mol. The van der Waals surface area contributed by atoms with E-state index in [2.05, 4.69) is 0 Å². The molecule has 4 rings (SSSR count). The van der Waals surface area contributed by atoms with Crippen molar-refractivity contribution in [2.45, 2.75) is 32.7 Å². The number of hydrogen-bond donors (Lipinski definition) is 0. The topological polar surface area (TPSA) is 78.2 Å². The monoisotopic (exact) mass is 423 g/mol. The van der Waals surface area contributed by atoms with E-state index in [0.29, 0.717) is 30.0 Å². The predicted molar refractivity (Wildman–Crippen MR) is 114 cm³/mol. The van der Waals surface area contributed by atoms with Crippen LogP contribution in [-0.4, -0.2) is 48.7 Å². The van der Waals surface area contributed by atoms with Crippen LogP contribution >= 0.6 is 0 Å². The third kappa shape index (κ3) is 4.88. The fourth-order valence-electron chi connectivity index (χ4n) is 3.74. The van der Waals surface area contributed by atoms with Crippen LogP contribution in [0.3, 0.4) is 0 Å². The Hall–Kier alpha value is -3.32. The highest BCUT2D eigenvalue weighted by atomic mass is 16.5. The molecule has 0 unspecified atom stereocenters. The smallest absolute Gasteiger partial charge is 0.375 e. The van der Waals surface area contributed by atoms with E-state index in [0.717, 1.165) is 5.39 Å². The van der Waals surface area contributed by atoms with Gasteiger partial charge in [0.25, 0.3) is 5.91 Å². The number of nitrogens with zero attached hydrogens (tertiary/aromatic N) is 1. The van der Waals surface area contributed by atoms with E-state index in [4.69, 9.17) is 18.6 Å². The molecule has 1 aliphatic heterocycles. The number of carbonyl (C=O) groups excluding carboxylic acids is 2. The Morgan fingerprint density at radius 3 is 2.42 bits per heavy atom. The summed E-state index contributed by atoms with van der Waals surface area (Å²) in [5.74, 6) is -0.217. The number of esters is 1. The highest BCUT2D eigenvalue weighted by molar-refractivity contribution is 5.96. The number of morpholine rings is 1. The first-order chi connectivity index (χ1) is 15.0. The van der Waals surface area contributed by atoms with Gasteiger partial charge in [-0.1, -0.05) is 36.4 Å². The highest BCUT2D eigenvalue weighted by Gasteiger charge is 2.28. The third-order valence-corrected chi connectivity index (χ3v) is 5.11. The Morgan fingerprint density at radius 1 is 1.00 bits per heavy atom. The molecule has 2 heterocycles. The normalized spacial score (nSPS) is 18.7. The average Bonchev–Trinajstić information content (AvgIpc) is 3.14. The molecule has 1 aromatic heterocycles. The lowest BCUT2D eigenvalue weighted by Gasteiger charge is -2.35. The fraction of sp³-hybridized carbons (Fsp3) is 0.333. The maximum atomic E-state index is 12.8. The molecule has 7 heteroatoms. The highest BCUT2D eigenvalue weighted by Crippen LogP contribution is 2.28. The van der Waals surface area contributed by atoms with Crippen LogP contribution in [0, 0.1) is 0 Å². The van der Waals surface area contributed by atoms with Gasteiger partial charge in [0, 0.05) is 18.5 Å². The summed E-state index contributed by atoms with van der Waals surface area (Å²) in [6.45, 7) is 4.56. The van der Waals surface area contributed by atoms with E-state index in [1.54, 1.807) is 11.0 Å². The van der Waals surface area contributed by atoms with Crippen molar-refractivity contribution in [3.63, 3.8) is 0 Å². The van der Waals surface area contributed by atoms with Crippen molar-refractivity contribution in [3.8, 4) is 5.75 Å². The van der Waals surface area contributed by atoms with Crippen LogP contribution in [0.5, 0.6) is 5.75 Å². The van der Waals surface area contributed by atoms with Crippen LogP contribution in [0.25, 0.3) is 11.0 Å². The van der Waals surface area contributed by atoms with Gasteiger partial charge in [-0.25, -0.2) is 4.79 Å². The molecule has 3 aromatic rings. The number of furan rings is 1. The van der Waals surface area contributed by atoms with Crippen molar-refractivity contribution in [1.82, 2.24) is 4.90 Å². The van der Waals surface area contributed by atoms with Gasteiger partial charge in [-0.3, -0.25) is 4.79 Å². The molecule has 31 heavy (non-hydrogen) atoms. The Morgan fingerprint density at radius 2 is 1.68 bits per heavy atom. The van der Waals surface area contributed by atoms with Gasteiger partial charge in [0.1, 0.15) is 17.9 Å². The third-order valence-electron chi connectivity index (χ3n) is 5.11. The Kier molecular flexibility index (Phi) is 6.23. The van der Waals surface area contributed by atoms with Crippen LogP contribution < -0.4 is 4.74 Å². The second-order valence-corrected chi connectivity index (χ2v) is 7.64. The summed E-state index contributed by atoms with van der Waals surface area (Å²) < 4.78 is 22.6. The summed E-state index contributed by atoms with van der Waals surface area (Å²) in [7, 11) is 0. The zero-order valence-corrected chi connectivity index (χ0v) is 17.6. The second kappa shape index (κ2) is 9.22. The summed E-state index contributed by atoms with van der Waals surface area (Å²) in [5, 5.41) is 0.771. The van der Waals surface area contributed by atoms with Gasteiger partial charge in [-0.05, 0) is 32.0 Å². The molecule has 1 fully saturated rings. The van der Waals surface area contributed by atoms with Crippen molar-refractivity contribution < 1.29 is 28.2 Å². The van der Waals surface area contributed by atoms with Gasteiger partial charge in [0.05, 0.1) is 17.8 Å². The van der Waals surface area contributed by atoms with E-state index in [1.807, 2.05) is 62.4 Å². The molecule has 162 valence electrons. The van der Waals surface area contributed by atoms with E-state index in [-0.39, 0.29) is 37.1 Å². The summed E-state index contributed by atoms with van der Waals surface area (Å²) in [4.78, 5) is 27.0. The standard InChI is InChI=1S/C24H25NO6/c1-16-12-25(13-17(2)30-16)22(26)15-29-24(27)23-20(14-28-18-8-4-3-5-9-18)19-10-6-7-11-21(19)31-23/h3-11,16-17H,12-15H2,1-2H3/t16-,17-/m1/s1. The van der Waals surface area contributed by atoms with Crippen molar-refractivity contribution in [2.75, 3.05) is 19.7 Å². The van der Waals surface area contributed by atoms with Crippen LogP contribution in [0.2, 0.25) is 0 Å². The Bertz CT molecular complexity index is 1050. The summed E-state index contributed by atoms with van der Waals surface area (Å²) in [6.07, 6.45) is -0.110. The average molecular weight is 423 g/mol. The van der Waals surface area contributed by atoms with Crippen molar-refractivity contribution >= 4 is 22.8 Å². The lowest BCUT2D eigenvalue weighted by molar-refractivity contribution is -0.146. The van der Waals surface area contributed by atoms with E-state index in [1.165, 1.54) is 0 Å². The van der Waals surface area contributed by atoms with Crippen molar-refractivity contribution in [3.05, 3.63) is 65.9 Å². The van der Waals surface area contributed by atoms with E-state index >= 15 is 0 Å². The largest absolute Gasteiger partial charge is 0.489 e. The first kappa shape index (κ1) is 20.9. The minimum atomic E-state index is -0.689. The van der Waals surface area contributed by atoms with Crippen LogP contribution in [-0.2, 0) is 20.9 Å². The lowest BCUT2D eigenvalue weighted by Crippen LogP contribution is -2.49. The molecule has 0 N–H and O–H groups in total. The zero-order valence-electron chi connectivity index (χ0n) is 17.6. The number of carbonyl (C=O) groups is 2. The second-order valence-electron chi connectivity index (χ2n) is 7.64. The van der Waals surface area contributed by atoms with Crippen molar-refractivity contribution in [1.29, 1.82) is 0 Å².